The molecule has 2 fully saturated rings. The van der Waals surface area contributed by atoms with Gasteiger partial charge < -0.3 is 24.7 Å². The van der Waals surface area contributed by atoms with E-state index in [1.807, 2.05) is 4.90 Å². The van der Waals surface area contributed by atoms with Gasteiger partial charge in [-0.1, -0.05) is 0 Å². The molecule has 35 heavy (non-hydrogen) atoms. The quantitative estimate of drug-likeness (QED) is 0.508. The highest BCUT2D eigenvalue weighted by molar-refractivity contribution is 5.98. The van der Waals surface area contributed by atoms with Crippen molar-refractivity contribution in [2.24, 2.45) is 5.92 Å². The lowest BCUT2D eigenvalue weighted by atomic mass is 10.0. The van der Waals surface area contributed by atoms with Crippen molar-refractivity contribution in [1.82, 2.24) is 5.32 Å². The Morgan fingerprint density at radius 1 is 1.03 bits per heavy atom. The van der Waals surface area contributed by atoms with Gasteiger partial charge in [0.25, 0.3) is 5.91 Å². The van der Waals surface area contributed by atoms with E-state index in [1.54, 1.807) is 12.1 Å². The van der Waals surface area contributed by atoms with Crippen molar-refractivity contribution in [3.63, 3.8) is 0 Å². The number of hydrogen-bond donors (Lipinski definition) is 2. The standard InChI is InChI=1S/C26H27F2N3O4/c27-19-11-20(28)13-21(12-19)29-4-3-17-9-18(26(33)30-15-16-1-2-16)10-22-23(32)14-24(35-25(17)22)31-5-7-34-8-6-31/h9-14,16,29H,1-8,15H2,(H,30,33). The van der Waals surface area contributed by atoms with Crippen LogP contribution in [0.25, 0.3) is 11.0 Å². The molecule has 3 aromatic rings. The summed E-state index contributed by atoms with van der Waals surface area (Å²) in [6.45, 7) is 3.24. The summed E-state index contributed by atoms with van der Waals surface area (Å²) in [5, 5.41) is 6.27. The summed E-state index contributed by atoms with van der Waals surface area (Å²) in [6.07, 6.45) is 2.60. The van der Waals surface area contributed by atoms with Crippen LogP contribution in [0.2, 0.25) is 0 Å². The third kappa shape index (κ3) is 5.62. The Bertz CT molecular complexity index is 1280. The van der Waals surface area contributed by atoms with Crippen LogP contribution in [0.3, 0.4) is 0 Å². The normalized spacial score (nSPS) is 15.9. The predicted molar refractivity (Wildman–Crippen MR) is 129 cm³/mol. The van der Waals surface area contributed by atoms with Gasteiger partial charge in [0.2, 0.25) is 0 Å². The molecule has 0 bridgehead atoms. The molecule has 9 heteroatoms. The number of nitrogens with zero attached hydrogens (tertiary/aromatic N) is 1. The van der Waals surface area contributed by atoms with Crippen molar-refractivity contribution in [2.75, 3.05) is 49.6 Å². The van der Waals surface area contributed by atoms with E-state index in [1.165, 1.54) is 18.2 Å². The summed E-state index contributed by atoms with van der Waals surface area (Å²) >= 11 is 0. The predicted octanol–water partition coefficient (Wildman–Crippen LogP) is 3.70. The molecule has 2 heterocycles. The molecule has 2 aromatic carbocycles. The van der Waals surface area contributed by atoms with E-state index in [2.05, 4.69) is 10.6 Å². The second kappa shape index (κ2) is 10.0. The third-order valence-corrected chi connectivity index (χ3v) is 6.31. The third-order valence-electron chi connectivity index (χ3n) is 6.31. The maximum absolute atomic E-state index is 13.5. The Balaban J connectivity index is 1.46. The molecule has 1 saturated heterocycles. The highest BCUT2D eigenvalue weighted by Gasteiger charge is 2.23. The van der Waals surface area contributed by atoms with Gasteiger partial charge >= 0.3 is 0 Å². The lowest BCUT2D eigenvalue weighted by Crippen LogP contribution is -2.36. The van der Waals surface area contributed by atoms with E-state index in [4.69, 9.17) is 9.15 Å². The van der Waals surface area contributed by atoms with Crippen LogP contribution in [0.15, 0.2) is 45.6 Å². The summed E-state index contributed by atoms with van der Waals surface area (Å²) < 4.78 is 38.7. The van der Waals surface area contributed by atoms with Crippen LogP contribution >= 0.6 is 0 Å². The first-order chi connectivity index (χ1) is 17.0. The fourth-order valence-corrected chi connectivity index (χ4v) is 4.23. The van der Waals surface area contributed by atoms with Gasteiger partial charge in [-0.3, -0.25) is 9.59 Å². The summed E-state index contributed by atoms with van der Waals surface area (Å²) in [5.74, 6) is -0.604. The molecule has 0 atom stereocenters. The molecule has 0 unspecified atom stereocenters. The largest absolute Gasteiger partial charge is 0.440 e. The molecule has 5 rings (SSSR count). The van der Waals surface area contributed by atoms with E-state index >= 15 is 0 Å². The maximum atomic E-state index is 13.5. The number of hydrogen-bond acceptors (Lipinski definition) is 6. The summed E-state index contributed by atoms with van der Waals surface area (Å²) in [6, 6.07) is 7.98. The van der Waals surface area contributed by atoms with Crippen molar-refractivity contribution >= 4 is 28.4 Å². The zero-order valence-corrected chi connectivity index (χ0v) is 19.2. The molecule has 2 aliphatic rings. The minimum absolute atomic E-state index is 0.231. The fourth-order valence-electron chi connectivity index (χ4n) is 4.23. The molecule has 1 aliphatic heterocycles. The highest BCUT2D eigenvalue weighted by Crippen LogP contribution is 2.28. The van der Waals surface area contributed by atoms with Gasteiger partial charge in [-0.25, -0.2) is 8.78 Å². The van der Waals surface area contributed by atoms with Crippen LogP contribution in [0.1, 0.15) is 28.8 Å². The molecule has 2 N–H and O–H groups in total. The molecule has 1 aliphatic carbocycles. The van der Waals surface area contributed by atoms with E-state index in [0.717, 1.165) is 18.9 Å². The number of fused-ring (bicyclic) bond motifs is 1. The van der Waals surface area contributed by atoms with Gasteiger partial charge in [0.15, 0.2) is 11.3 Å². The SMILES string of the molecule is O=C(NCC1CC1)c1cc(CCNc2cc(F)cc(F)c2)c2oc(N3CCOCC3)cc(=O)c2c1. The van der Waals surface area contributed by atoms with E-state index in [9.17, 15) is 18.4 Å². The molecule has 7 nitrogen and oxygen atoms in total. The second-order valence-corrected chi connectivity index (χ2v) is 9.05. The van der Waals surface area contributed by atoms with Gasteiger partial charge in [-0.2, -0.15) is 0 Å². The van der Waals surface area contributed by atoms with Crippen molar-refractivity contribution in [3.8, 4) is 0 Å². The second-order valence-electron chi connectivity index (χ2n) is 9.05. The Morgan fingerprint density at radius 3 is 2.49 bits per heavy atom. The topological polar surface area (TPSA) is 83.8 Å². The Morgan fingerprint density at radius 2 is 1.77 bits per heavy atom. The number of anilines is 2. The lowest BCUT2D eigenvalue weighted by molar-refractivity contribution is 0.0952. The number of amides is 1. The van der Waals surface area contributed by atoms with Crippen LogP contribution in [0.4, 0.5) is 20.4 Å². The van der Waals surface area contributed by atoms with Gasteiger partial charge in [0, 0.05) is 49.6 Å². The average molecular weight is 484 g/mol. The summed E-state index contributed by atoms with van der Waals surface area (Å²) in [5.41, 5.74) is 1.53. The Hall–Kier alpha value is -3.46. The van der Waals surface area contributed by atoms with E-state index in [0.29, 0.717) is 85.4 Å². The molecule has 0 spiro atoms. The fraction of sp³-hybridized carbons (Fsp3) is 0.385. The highest BCUT2D eigenvalue weighted by atomic mass is 19.1. The molecule has 184 valence electrons. The Labute approximate surface area is 201 Å². The smallest absolute Gasteiger partial charge is 0.251 e. The average Bonchev–Trinajstić information content (AvgIpc) is 3.67. The Kier molecular flexibility index (Phi) is 6.68. The summed E-state index contributed by atoms with van der Waals surface area (Å²) in [7, 11) is 0. The molecular weight excluding hydrogens is 456 g/mol. The first kappa shape index (κ1) is 23.3. The zero-order chi connectivity index (χ0) is 24.4. The number of benzene rings is 2. The number of ether oxygens (including phenoxy) is 1. The van der Waals surface area contributed by atoms with E-state index < -0.39 is 11.6 Å². The first-order valence-corrected chi connectivity index (χ1v) is 11.9. The molecule has 0 radical (unpaired) electrons. The lowest BCUT2D eigenvalue weighted by Gasteiger charge is -2.27. The van der Waals surface area contributed by atoms with Crippen molar-refractivity contribution in [1.29, 1.82) is 0 Å². The number of carbonyl (C=O) groups is 1. The van der Waals surface area contributed by atoms with Crippen molar-refractivity contribution < 1.29 is 22.7 Å². The number of halogens is 2. The minimum atomic E-state index is -0.673. The molecular formula is C26H27F2N3O4. The van der Waals surface area contributed by atoms with Gasteiger partial charge in [-0.05, 0) is 55.0 Å². The van der Waals surface area contributed by atoms with Crippen LogP contribution < -0.4 is 21.0 Å². The maximum Gasteiger partial charge on any atom is 0.251 e. The van der Waals surface area contributed by atoms with Crippen LogP contribution in [-0.4, -0.2) is 45.3 Å². The van der Waals surface area contributed by atoms with Crippen LogP contribution in [0, 0.1) is 17.6 Å². The number of carbonyl (C=O) groups excluding carboxylic acids is 1. The molecule has 1 amide bonds. The monoisotopic (exact) mass is 483 g/mol. The molecule has 1 saturated carbocycles. The van der Waals surface area contributed by atoms with Gasteiger partial charge in [0.05, 0.1) is 18.6 Å². The van der Waals surface area contributed by atoms with Gasteiger partial charge in [-0.15, -0.1) is 0 Å². The first-order valence-electron chi connectivity index (χ1n) is 11.9. The minimum Gasteiger partial charge on any atom is -0.440 e. The van der Waals surface area contributed by atoms with Crippen LogP contribution in [0.5, 0.6) is 0 Å². The van der Waals surface area contributed by atoms with Crippen molar-refractivity contribution in [2.45, 2.75) is 19.3 Å². The number of morpholine rings is 1. The van der Waals surface area contributed by atoms with Gasteiger partial charge in [0.1, 0.15) is 17.2 Å². The number of rotatable bonds is 8. The summed E-state index contributed by atoms with van der Waals surface area (Å²) in [4.78, 5) is 27.8. The van der Waals surface area contributed by atoms with Crippen LogP contribution in [-0.2, 0) is 11.2 Å². The zero-order valence-electron chi connectivity index (χ0n) is 19.2. The van der Waals surface area contributed by atoms with E-state index in [-0.39, 0.29) is 11.3 Å². The van der Waals surface area contributed by atoms with Crippen molar-refractivity contribution in [3.05, 3.63) is 69.4 Å². The number of nitrogens with one attached hydrogen (secondary N) is 2. The molecule has 1 aromatic heterocycles.